The Morgan fingerprint density at radius 2 is 1.74 bits per heavy atom. The molecule has 3 rings (SSSR count). The Morgan fingerprint density at radius 1 is 1.00 bits per heavy atom. The van der Waals surface area contributed by atoms with E-state index in [1.54, 1.807) is 17.8 Å². The van der Waals surface area contributed by atoms with Crippen LogP contribution in [-0.4, -0.2) is 25.0 Å². The van der Waals surface area contributed by atoms with Gasteiger partial charge in [-0.2, -0.15) is 4.31 Å². The molecule has 3 nitrogen and oxygen atoms in total. The van der Waals surface area contributed by atoms with E-state index in [9.17, 15) is 8.42 Å². The van der Waals surface area contributed by atoms with E-state index in [-0.39, 0.29) is 15.3 Å². The minimum absolute atomic E-state index is 0.131. The average molecular weight is 409 g/mol. The van der Waals surface area contributed by atoms with Crippen molar-refractivity contribution in [3.63, 3.8) is 0 Å². The van der Waals surface area contributed by atoms with Crippen LogP contribution in [-0.2, 0) is 10.0 Å². The van der Waals surface area contributed by atoms with Crippen molar-refractivity contribution in [3.05, 3.63) is 63.1 Å². The first-order chi connectivity index (χ1) is 10.9. The minimum atomic E-state index is -3.68. The second-order valence-electron chi connectivity index (χ2n) is 4.94. The van der Waals surface area contributed by atoms with E-state index in [0.29, 0.717) is 22.3 Å². The van der Waals surface area contributed by atoms with E-state index < -0.39 is 10.0 Å². The van der Waals surface area contributed by atoms with Gasteiger partial charge in [-0.3, -0.25) is 0 Å². The van der Waals surface area contributed by atoms with Crippen LogP contribution >= 0.6 is 46.6 Å². The van der Waals surface area contributed by atoms with Gasteiger partial charge in [-0.25, -0.2) is 8.42 Å². The molecule has 1 fully saturated rings. The highest BCUT2D eigenvalue weighted by Gasteiger charge is 2.37. The molecule has 1 aliphatic heterocycles. The normalized spacial score (nSPS) is 19.2. The third-order valence-electron chi connectivity index (χ3n) is 3.52. The van der Waals surface area contributed by atoms with E-state index in [1.165, 1.54) is 22.5 Å². The highest BCUT2D eigenvalue weighted by molar-refractivity contribution is 8.01. The Morgan fingerprint density at radius 3 is 2.43 bits per heavy atom. The van der Waals surface area contributed by atoms with E-state index in [0.717, 1.165) is 5.56 Å². The van der Waals surface area contributed by atoms with Crippen LogP contribution in [0.3, 0.4) is 0 Å². The fourth-order valence-corrected chi connectivity index (χ4v) is 6.36. The molecule has 8 heteroatoms. The molecule has 0 radical (unpaired) electrons. The van der Waals surface area contributed by atoms with Crippen LogP contribution in [0.5, 0.6) is 0 Å². The first-order valence-electron chi connectivity index (χ1n) is 6.74. The molecule has 0 bridgehead atoms. The number of nitrogens with zero attached hydrogens (tertiary/aromatic N) is 1. The van der Waals surface area contributed by atoms with Crippen LogP contribution in [0.4, 0.5) is 0 Å². The standard InChI is InChI=1S/C15H12Cl3NO2S2/c16-12-4-2-1-3-11(12)15-19(7-8-22-15)23(20,21)10-5-6-13(17)14(18)9-10/h1-6,9,15H,7-8H2. The highest BCUT2D eigenvalue weighted by Crippen LogP contribution is 2.44. The lowest BCUT2D eigenvalue weighted by atomic mass is 10.2. The van der Waals surface area contributed by atoms with Gasteiger partial charge in [0.05, 0.1) is 20.3 Å². The first kappa shape index (κ1) is 17.4. The molecule has 2 aromatic carbocycles. The summed E-state index contributed by atoms with van der Waals surface area (Å²) in [6.45, 7) is 0.420. The largest absolute Gasteiger partial charge is 0.244 e. The fraction of sp³-hybridized carbons (Fsp3) is 0.200. The zero-order chi connectivity index (χ0) is 16.6. The summed E-state index contributed by atoms with van der Waals surface area (Å²) < 4.78 is 27.4. The van der Waals surface area contributed by atoms with E-state index in [2.05, 4.69) is 0 Å². The van der Waals surface area contributed by atoms with Gasteiger partial charge in [0.1, 0.15) is 0 Å². The lowest BCUT2D eigenvalue weighted by molar-refractivity contribution is 0.434. The van der Waals surface area contributed by atoms with Crippen molar-refractivity contribution in [2.24, 2.45) is 0 Å². The fourth-order valence-electron chi connectivity index (χ4n) is 2.39. The molecular weight excluding hydrogens is 397 g/mol. The molecule has 2 aromatic rings. The Bertz CT molecular complexity index is 842. The molecule has 0 N–H and O–H groups in total. The summed E-state index contributed by atoms with van der Waals surface area (Å²) in [5.41, 5.74) is 0.792. The van der Waals surface area contributed by atoms with Crippen LogP contribution in [0.15, 0.2) is 47.4 Å². The maximum atomic E-state index is 13.0. The summed E-state index contributed by atoms with van der Waals surface area (Å²) in [6.07, 6.45) is 0. The molecular formula is C15H12Cl3NO2S2. The number of thioether (sulfide) groups is 1. The van der Waals surface area contributed by atoms with Crippen molar-refractivity contribution in [3.8, 4) is 0 Å². The quantitative estimate of drug-likeness (QED) is 0.710. The summed E-state index contributed by atoms with van der Waals surface area (Å²) in [4.78, 5) is 0.131. The van der Waals surface area contributed by atoms with Gasteiger partial charge in [-0.15, -0.1) is 11.8 Å². The van der Waals surface area contributed by atoms with E-state index in [4.69, 9.17) is 34.8 Å². The van der Waals surface area contributed by atoms with Gasteiger partial charge in [0, 0.05) is 17.3 Å². The molecule has 1 atom stereocenters. The van der Waals surface area contributed by atoms with Crippen molar-refractivity contribution >= 4 is 56.6 Å². The Kier molecular flexibility index (Phi) is 5.16. The van der Waals surface area contributed by atoms with Gasteiger partial charge < -0.3 is 0 Å². The van der Waals surface area contributed by atoms with Gasteiger partial charge in [-0.05, 0) is 29.8 Å². The molecule has 23 heavy (non-hydrogen) atoms. The summed E-state index contributed by atoms with van der Waals surface area (Å²) in [5.74, 6) is 0.705. The summed E-state index contributed by atoms with van der Waals surface area (Å²) in [7, 11) is -3.68. The molecule has 1 unspecified atom stereocenters. The molecule has 0 spiro atoms. The predicted octanol–water partition coefficient (Wildman–Crippen LogP) is 5.08. The molecule has 1 heterocycles. The third kappa shape index (κ3) is 3.36. The summed E-state index contributed by atoms with van der Waals surface area (Å²) in [6, 6.07) is 11.6. The van der Waals surface area contributed by atoms with Crippen LogP contribution in [0.1, 0.15) is 10.9 Å². The number of halogens is 3. The van der Waals surface area contributed by atoms with Crippen LogP contribution in [0.25, 0.3) is 0 Å². The number of rotatable bonds is 3. The zero-order valence-electron chi connectivity index (χ0n) is 11.7. The lowest BCUT2D eigenvalue weighted by Gasteiger charge is -2.24. The second-order valence-corrected chi connectivity index (χ2v) is 9.24. The van der Waals surface area contributed by atoms with Gasteiger partial charge in [0.2, 0.25) is 10.0 Å². The smallest absolute Gasteiger partial charge is 0.207 e. The van der Waals surface area contributed by atoms with Crippen molar-refractivity contribution in [2.45, 2.75) is 10.3 Å². The maximum Gasteiger partial charge on any atom is 0.244 e. The molecule has 0 saturated carbocycles. The second kappa shape index (κ2) is 6.82. The van der Waals surface area contributed by atoms with Gasteiger partial charge in [0.25, 0.3) is 0 Å². The monoisotopic (exact) mass is 407 g/mol. The van der Waals surface area contributed by atoms with Crippen molar-refractivity contribution in [1.29, 1.82) is 0 Å². The molecule has 1 aliphatic rings. The molecule has 0 amide bonds. The Hall–Kier alpha value is -0.430. The van der Waals surface area contributed by atoms with Crippen LogP contribution in [0, 0.1) is 0 Å². The van der Waals surface area contributed by atoms with Crippen LogP contribution in [0.2, 0.25) is 15.1 Å². The maximum absolute atomic E-state index is 13.0. The Labute approximate surface area is 154 Å². The SMILES string of the molecule is O=S(=O)(c1ccc(Cl)c(Cl)c1)N1CCSC1c1ccccc1Cl. The summed E-state index contributed by atoms with van der Waals surface area (Å²) >= 11 is 19.6. The van der Waals surface area contributed by atoms with Gasteiger partial charge >= 0.3 is 0 Å². The molecule has 0 aliphatic carbocycles. The summed E-state index contributed by atoms with van der Waals surface area (Å²) in [5, 5.41) is 0.752. The number of sulfonamides is 1. The van der Waals surface area contributed by atoms with Crippen molar-refractivity contribution in [2.75, 3.05) is 12.3 Å². The van der Waals surface area contributed by atoms with Crippen LogP contribution < -0.4 is 0 Å². The Balaban J connectivity index is 2.01. The number of hydrogen-bond acceptors (Lipinski definition) is 3. The van der Waals surface area contributed by atoms with E-state index >= 15 is 0 Å². The van der Waals surface area contributed by atoms with Gasteiger partial charge in [0.15, 0.2) is 0 Å². The minimum Gasteiger partial charge on any atom is -0.207 e. The lowest BCUT2D eigenvalue weighted by Crippen LogP contribution is -2.30. The molecule has 1 saturated heterocycles. The molecule has 122 valence electrons. The number of hydrogen-bond donors (Lipinski definition) is 0. The third-order valence-corrected chi connectivity index (χ3v) is 7.84. The number of benzene rings is 2. The first-order valence-corrected chi connectivity index (χ1v) is 10.4. The van der Waals surface area contributed by atoms with Gasteiger partial charge in [-0.1, -0.05) is 53.0 Å². The average Bonchev–Trinajstić information content (AvgIpc) is 3.00. The van der Waals surface area contributed by atoms with Crippen molar-refractivity contribution < 1.29 is 8.42 Å². The topological polar surface area (TPSA) is 37.4 Å². The highest BCUT2D eigenvalue weighted by atomic mass is 35.5. The zero-order valence-corrected chi connectivity index (χ0v) is 15.6. The molecule has 0 aromatic heterocycles. The predicted molar refractivity (Wildman–Crippen MR) is 97.0 cm³/mol. The van der Waals surface area contributed by atoms with Crippen molar-refractivity contribution in [1.82, 2.24) is 4.31 Å². The van der Waals surface area contributed by atoms with E-state index in [1.807, 2.05) is 18.2 Å².